The molecule has 0 radical (unpaired) electrons. The lowest BCUT2D eigenvalue weighted by Gasteiger charge is -2.07. The summed E-state index contributed by atoms with van der Waals surface area (Å²) in [5.74, 6) is 2.61. The van der Waals surface area contributed by atoms with E-state index in [0.29, 0.717) is 0 Å². The van der Waals surface area contributed by atoms with Crippen LogP contribution in [0.1, 0.15) is 0 Å². The van der Waals surface area contributed by atoms with Gasteiger partial charge in [0, 0.05) is 12.2 Å². The largest absolute Gasteiger partial charge is 0.493 e. The number of allylic oxidation sites excluding steroid dienone is 2. The average molecular weight is 218 g/mol. The van der Waals surface area contributed by atoms with Crippen LogP contribution in [0.3, 0.4) is 0 Å². The summed E-state index contributed by atoms with van der Waals surface area (Å²) < 4.78 is 9.70. The van der Waals surface area contributed by atoms with E-state index in [1.54, 1.807) is 0 Å². The third-order valence-electron chi connectivity index (χ3n) is 1.49. The summed E-state index contributed by atoms with van der Waals surface area (Å²) in [6, 6.07) is 0. The van der Waals surface area contributed by atoms with Gasteiger partial charge in [-0.25, -0.2) is 0 Å². The molecule has 0 N–H and O–H groups in total. The highest BCUT2D eigenvalue weighted by Gasteiger charge is 2.09. The van der Waals surface area contributed by atoms with E-state index in [0.717, 1.165) is 12.2 Å². The number of hydrogen-bond donors (Lipinski definition) is 0. The molecule has 16 heavy (non-hydrogen) atoms. The molecular formula is C12H10O4. The van der Waals surface area contributed by atoms with Gasteiger partial charge in [-0.15, -0.1) is 12.8 Å². The number of methoxy groups -OCH3 is 2. The first kappa shape index (κ1) is 13.5. The van der Waals surface area contributed by atoms with Crippen molar-refractivity contribution in [3.63, 3.8) is 0 Å². The first-order valence-corrected chi connectivity index (χ1v) is 4.12. The first-order chi connectivity index (χ1) is 7.58. The molecule has 0 aliphatic rings. The van der Waals surface area contributed by atoms with Gasteiger partial charge in [-0.2, -0.15) is 0 Å². The predicted octanol–water partition coefficient (Wildman–Crippen LogP) is 0.452. The topological polar surface area (TPSA) is 52.6 Å². The molecule has 0 bridgehead atoms. The normalized spacial score (nSPS) is 11.0. The number of ether oxygens (including phenoxy) is 2. The second-order valence-electron chi connectivity index (χ2n) is 2.44. The van der Waals surface area contributed by atoms with E-state index in [1.807, 2.05) is 11.8 Å². The molecule has 0 atom stereocenters. The molecular weight excluding hydrogens is 208 g/mol. The zero-order valence-electron chi connectivity index (χ0n) is 8.94. The van der Waals surface area contributed by atoms with Crippen molar-refractivity contribution in [2.75, 3.05) is 14.2 Å². The molecule has 0 amide bonds. The predicted molar refractivity (Wildman–Crippen MR) is 57.9 cm³/mol. The first-order valence-electron chi connectivity index (χ1n) is 4.12. The molecule has 0 rings (SSSR count). The van der Waals surface area contributed by atoms with Crippen LogP contribution in [0.2, 0.25) is 0 Å². The average Bonchev–Trinajstić information content (AvgIpc) is 2.32. The van der Waals surface area contributed by atoms with Gasteiger partial charge in [0.15, 0.2) is 11.5 Å². The maximum Gasteiger partial charge on any atom is 0.232 e. The van der Waals surface area contributed by atoms with Gasteiger partial charge in [-0.1, -0.05) is 0 Å². The summed E-state index contributed by atoms with van der Waals surface area (Å²) in [6.45, 7) is 0. The summed E-state index contributed by atoms with van der Waals surface area (Å²) in [4.78, 5) is 21.9. The van der Waals surface area contributed by atoms with E-state index in [-0.39, 0.29) is 11.5 Å². The summed E-state index contributed by atoms with van der Waals surface area (Å²) in [6.07, 6.45) is 11.8. The van der Waals surface area contributed by atoms with Crippen molar-refractivity contribution in [3.05, 3.63) is 23.7 Å². The van der Waals surface area contributed by atoms with Gasteiger partial charge in [-0.05, 0) is 11.8 Å². The highest BCUT2D eigenvalue weighted by Crippen LogP contribution is 2.11. The van der Waals surface area contributed by atoms with Crippen LogP contribution in [0, 0.1) is 24.7 Å². The number of ketones is 2. The van der Waals surface area contributed by atoms with Crippen LogP contribution < -0.4 is 0 Å². The minimum atomic E-state index is -0.604. The van der Waals surface area contributed by atoms with Crippen molar-refractivity contribution in [2.45, 2.75) is 0 Å². The second kappa shape index (κ2) is 6.92. The van der Waals surface area contributed by atoms with Crippen molar-refractivity contribution in [1.82, 2.24) is 0 Å². The maximum absolute atomic E-state index is 11.0. The Kier molecular flexibility index (Phi) is 5.85. The van der Waals surface area contributed by atoms with E-state index in [2.05, 4.69) is 0 Å². The van der Waals surface area contributed by atoms with Gasteiger partial charge in [0.05, 0.1) is 14.2 Å². The quantitative estimate of drug-likeness (QED) is 0.221. The van der Waals surface area contributed by atoms with Gasteiger partial charge in [0.25, 0.3) is 0 Å². The Morgan fingerprint density at radius 3 is 1.44 bits per heavy atom. The van der Waals surface area contributed by atoms with Crippen molar-refractivity contribution in [1.29, 1.82) is 0 Å². The van der Waals surface area contributed by atoms with Crippen LogP contribution >= 0.6 is 0 Å². The molecule has 0 unspecified atom stereocenters. The SMILES string of the molecule is C#CC(=O)/C=C(OC)\C(=C/C(=O)C#C)OC. The van der Waals surface area contributed by atoms with E-state index < -0.39 is 11.6 Å². The lowest BCUT2D eigenvalue weighted by atomic mass is 10.2. The van der Waals surface area contributed by atoms with Crippen LogP contribution in [0.4, 0.5) is 0 Å². The Morgan fingerprint density at radius 2 is 1.25 bits per heavy atom. The number of hydrogen-bond acceptors (Lipinski definition) is 4. The van der Waals surface area contributed by atoms with E-state index in [1.165, 1.54) is 14.2 Å². The fourth-order valence-corrected chi connectivity index (χ4v) is 0.783. The van der Waals surface area contributed by atoms with E-state index in [9.17, 15) is 9.59 Å². The molecule has 4 heteroatoms. The summed E-state index contributed by atoms with van der Waals surface area (Å²) in [5, 5.41) is 0. The minimum Gasteiger partial charge on any atom is -0.493 e. The number of terminal acetylenes is 2. The van der Waals surface area contributed by atoms with Gasteiger partial charge >= 0.3 is 0 Å². The summed E-state index contributed by atoms with van der Waals surface area (Å²) in [7, 11) is 2.62. The molecule has 4 nitrogen and oxygen atoms in total. The molecule has 0 aromatic rings. The highest BCUT2D eigenvalue weighted by molar-refractivity contribution is 6.06. The zero-order chi connectivity index (χ0) is 12.6. The monoisotopic (exact) mass is 218 g/mol. The number of carbonyl (C=O) groups excluding carboxylic acids is 2. The molecule has 82 valence electrons. The Hall–Kier alpha value is -2.46. The third kappa shape index (κ3) is 4.17. The second-order valence-corrected chi connectivity index (χ2v) is 2.44. The van der Waals surface area contributed by atoms with Crippen LogP contribution in [-0.2, 0) is 19.1 Å². The standard InChI is InChI=1S/C12H10O4/c1-5-9(13)7-11(15-3)12(16-4)8-10(14)6-2/h1-2,7-8H,3-4H3/b11-7+,12-8+. The molecule has 0 aromatic heterocycles. The third-order valence-corrected chi connectivity index (χ3v) is 1.49. The van der Waals surface area contributed by atoms with Crippen molar-refractivity contribution in [2.24, 2.45) is 0 Å². The van der Waals surface area contributed by atoms with Crippen molar-refractivity contribution >= 4 is 11.6 Å². The van der Waals surface area contributed by atoms with E-state index >= 15 is 0 Å². The summed E-state index contributed by atoms with van der Waals surface area (Å²) in [5.41, 5.74) is 0. The van der Waals surface area contributed by atoms with Gasteiger partial charge < -0.3 is 9.47 Å². The molecule has 0 aliphatic carbocycles. The Bertz CT molecular complexity index is 385. The highest BCUT2D eigenvalue weighted by atomic mass is 16.5. The van der Waals surface area contributed by atoms with Gasteiger partial charge in [-0.3, -0.25) is 9.59 Å². The Morgan fingerprint density at radius 1 is 0.938 bits per heavy atom. The van der Waals surface area contributed by atoms with Gasteiger partial charge in [0.2, 0.25) is 11.6 Å². The Labute approximate surface area is 93.9 Å². The van der Waals surface area contributed by atoms with Crippen LogP contribution in [0.25, 0.3) is 0 Å². The molecule has 0 heterocycles. The minimum absolute atomic E-state index is 0.0362. The molecule has 0 aromatic carbocycles. The number of carbonyl (C=O) groups is 2. The van der Waals surface area contributed by atoms with Crippen LogP contribution in [0.5, 0.6) is 0 Å². The summed E-state index contributed by atoms with van der Waals surface area (Å²) >= 11 is 0. The number of rotatable bonds is 5. The lowest BCUT2D eigenvalue weighted by Crippen LogP contribution is -2.02. The molecule has 0 saturated carbocycles. The van der Waals surface area contributed by atoms with Crippen molar-refractivity contribution < 1.29 is 19.1 Å². The fraction of sp³-hybridized carbons (Fsp3) is 0.167. The maximum atomic E-state index is 11.0. The van der Waals surface area contributed by atoms with Crippen molar-refractivity contribution in [3.8, 4) is 24.7 Å². The van der Waals surface area contributed by atoms with Gasteiger partial charge in [0.1, 0.15) is 0 Å². The Balaban J connectivity index is 5.23. The fourth-order valence-electron chi connectivity index (χ4n) is 0.783. The molecule has 0 fully saturated rings. The van der Waals surface area contributed by atoms with Crippen LogP contribution in [-0.4, -0.2) is 25.8 Å². The van der Waals surface area contributed by atoms with E-state index in [4.69, 9.17) is 22.3 Å². The lowest BCUT2D eigenvalue weighted by molar-refractivity contribution is -0.110. The molecule has 0 saturated heterocycles. The smallest absolute Gasteiger partial charge is 0.232 e. The molecule has 0 aliphatic heterocycles. The molecule has 0 spiro atoms. The zero-order valence-corrected chi connectivity index (χ0v) is 8.94. The van der Waals surface area contributed by atoms with Crippen LogP contribution in [0.15, 0.2) is 23.7 Å².